The summed E-state index contributed by atoms with van der Waals surface area (Å²) in [4.78, 5) is 12.4. The molecule has 0 saturated carbocycles. The van der Waals surface area contributed by atoms with E-state index in [1.165, 1.54) is 11.1 Å². The van der Waals surface area contributed by atoms with Gasteiger partial charge in [-0.3, -0.25) is 4.79 Å². The molecule has 0 saturated heterocycles. The molecular weight excluding hydrogens is 286 g/mol. The number of carbonyl (C=O) groups excluding carboxylic acids is 1. The van der Waals surface area contributed by atoms with E-state index in [1.54, 1.807) is 0 Å². The van der Waals surface area contributed by atoms with Crippen molar-refractivity contribution in [3.63, 3.8) is 0 Å². The minimum atomic E-state index is -0.0984. The smallest absolute Gasteiger partial charge is 0.254 e. The summed E-state index contributed by atoms with van der Waals surface area (Å²) in [5.74, 6) is 0.765. The third-order valence-electron chi connectivity index (χ3n) is 4.08. The van der Waals surface area contributed by atoms with E-state index in [9.17, 15) is 4.79 Å². The largest absolute Gasteiger partial charge is 0.488 e. The average molecular weight is 307 g/mol. The van der Waals surface area contributed by atoms with Crippen molar-refractivity contribution in [2.24, 2.45) is 0 Å². The number of benzene rings is 2. The summed E-state index contributed by atoms with van der Waals surface area (Å²) < 4.78 is 5.78. The number of amides is 1. The number of aryl methyl sites for hydroxylation is 2. The summed E-state index contributed by atoms with van der Waals surface area (Å²) in [6, 6.07) is 14.1. The number of nitrogens with one attached hydrogen (secondary N) is 1. The van der Waals surface area contributed by atoms with Crippen molar-refractivity contribution < 1.29 is 9.53 Å². The van der Waals surface area contributed by atoms with E-state index in [2.05, 4.69) is 25.2 Å². The van der Waals surface area contributed by atoms with Crippen LogP contribution in [0, 0.1) is 6.92 Å². The first-order chi connectivity index (χ1) is 11.2. The van der Waals surface area contributed by atoms with Gasteiger partial charge in [0.05, 0.1) is 5.57 Å². The molecule has 0 bridgehead atoms. The number of carbonyl (C=O) groups is 1. The summed E-state index contributed by atoms with van der Waals surface area (Å²) in [7, 11) is 0. The zero-order valence-corrected chi connectivity index (χ0v) is 13.6. The highest BCUT2D eigenvalue weighted by molar-refractivity contribution is 6.04. The molecule has 0 unspecified atom stereocenters. The Morgan fingerprint density at radius 1 is 1.17 bits per heavy atom. The van der Waals surface area contributed by atoms with Gasteiger partial charge in [0, 0.05) is 5.69 Å². The molecule has 0 aliphatic carbocycles. The number of anilines is 1. The number of fused-ring (bicyclic) bond motifs is 1. The molecule has 1 aliphatic heterocycles. The molecule has 23 heavy (non-hydrogen) atoms. The van der Waals surface area contributed by atoms with E-state index in [-0.39, 0.29) is 5.91 Å². The minimum Gasteiger partial charge on any atom is -0.488 e. The van der Waals surface area contributed by atoms with Crippen LogP contribution in [0.25, 0.3) is 0 Å². The molecule has 0 radical (unpaired) electrons. The number of ether oxygens (including phenoxy) is 1. The molecule has 0 spiro atoms. The normalized spacial score (nSPS) is 13.4. The summed E-state index contributed by atoms with van der Waals surface area (Å²) in [5.41, 5.74) is 5.06. The fourth-order valence-corrected chi connectivity index (χ4v) is 2.65. The van der Waals surface area contributed by atoms with Crippen molar-refractivity contribution in [2.75, 3.05) is 11.9 Å². The molecule has 3 heteroatoms. The Balaban J connectivity index is 1.70. The van der Waals surface area contributed by atoms with Crippen LogP contribution in [0.3, 0.4) is 0 Å². The van der Waals surface area contributed by atoms with Gasteiger partial charge in [-0.15, -0.1) is 0 Å². The Bertz CT molecular complexity index is 745. The average Bonchev–Trinajstić information content (AvgIpc) is 2.77. The van der Waals surface area contributed by atoms with Crippen LogP contribution in [0.1, 0.15) is 23.6 Å². The zero-order chi connectivity index (χ0) is 16.2. The second-order valence-corrected chi connectivity index (χ2v) is 5.84. The van der Waals surface area contributed by atoms with Gasteiger partial charge < -0.3 is 10.1 Å². The number of rotatable bonds is 3. The quantitative estimate of drug-likeness (QED) is 0.928. The molecule has 3 rings (SSSR count). The first-order valence-corrected chi connectivity index (χ1v) is 7.97. The van der Waals surface area contributed by atoms with E-state index in [4.69, 9.17) is 4.74 Å². The van der Waals surface area contributed by atoms with Gasteiger partial charge in [-0.25, -0.2) is 0 Å². The topological polar surface area (TPSA) is 38.3 Å². The van der Waals surface area contributed by atoms with Crippen LogP contribution in [0.15, 0.2) is 54.1 Å². The Morgan fingerprint density at radius 2 is 1.96 bits per heavy atom. The van der Waals surface area contributed by atoms with Crippen LogP contribution in [-0.4, -0.2) is 12.5 Å². The molecule has 0 atom stereocenters. The SMILES string of the molecule is CCc1ccc(NC(=O)C2=CCc3cc(C)ccc3OC2)cc1. The molecule has 0 fully saturated rings. The maximum Gasteiger partial charge on any atom is 0.254 e. The van der Waals surface area contributed by atoms with Crippen molar-refractivity contribution in [1.82, 2.24) is 0 Å². The molecule has 2 aromatic carbocycles. The first kappa shape index (κ1) is 15.3. The zero-order valence-electron chi connectivity index (χ0n) is 13.6. The maximum absolute atomic E-state index is 12.4. The van der Waals surface area contributed by atoms with Gasteiger partial charge in [0.1, 0.15) is 12.4 Å². The molecule has 2 aromatic rings. The lowest BCUT2D eigenvalue weighted by Crippen LogP contribution is -2.18. The second-order valence-electron chi connectivity index (χ2n) is 5.84. The maximum atomic E-state index is 12.4. The van der Waals surface area contributed by atoms with Crippen LogP contribution in [0.4, 0.5) is 5.69 Å². The van der Waals surface area contributed by atoms with Gasteiger partial charge in [0.15, 0.2) is 0 Å². The minimum absolute atomic E-state index is 0.0984. The Hall–Kier alpha value is -2.55. The highest BCUT2D eigenvalue weighted by Crippen LogP contribution is 2.25. The van der Waals surface area contributed by atoms with Crippen molar-refractivity contribution in [1.29, 1.82) is 0 Å². The molecular formula is C20H21NO2. The van der Waals surface area contributed by atoms with E-state index >= 15 is 0 Å². The first-order valence-electron chi connectivity index (χ1n) is 7.97. The summed E-state index contributed by atoms with van der Waals surface area (Å²) in [5, 5.41) is 2.94. The van der Waals surface area contributed by atoms with Gasteiger partial charge in [-0.05, 0) is 49.1 Å². The van der Waals surface area contributed by atoms with Crippen molar-refractivity contribution in [3.05, 3.63) is 70.8 Å². The monoisotopic (exact) mass is 307 g/mol. The standard InChI is InChI=1S/C20H21NO2/c1-3-15-5-9-18(10-6-15)21-20(22)17-8-7-16-12-14(2)4-11-19(16)23-13-17/h4-6,8-12H,3,7,13H2,1-2H3,(H,21,22). The number of hydrogen-bond donors (Lipinski definition) is 1. The Kier molecular flexibility index (Phi) is 4.47. The van der Waals surface area contributed by atoms with E-state index < -0.39 is 0 Å². The Labute approximate surface area is 137 Å². The lowest BCUT2D eigenvalue weighted by molar-refractivity contribution is -0.113. The van der Waals surface area contributed by atoms with Crippen LogP contribution < -0.4 is 10.1 Å². The third kappa shape index (κ3) is 3.62. The third-order valence-corrected chi connectivity index (χ3v) is 4.08. The predicted molar refractivity (Wildman–Crippen MR) is 92.9 cm³/mol. The summed E-state index contributed by atoms with van der Waals surface area (Å²) in [6.07, 6.45) is 3.67. The summed E-state index contributed by atoms with van der Waals surface area (Å²) >= 11 is 0. The van der Waals surface area contributed by atoms with Crippen molar-refractivity contribution in [2.45, 2.75) is 26.7 Å². The van der Waals surface area contributed by atoms with Gasteiger partial charge in [0.25, 0.3) is 5.91 Å². The molecule has 3 nitrogen and oxygen atoms in total. The number of allylic oxidation sites excluding steroid dienone is 1. The fourth-order valence-electron chi connectivity index (χ4n) is 2.65. The molecule has 1 aliphatic rings. The number of hydrogen-bond acceptors (Lipinski definition) is 2. The van der Waals surface area contributed by atoms with E-state index in [0.29, 0.717) is 18.6 Å². The highest BCUT2D eigenvalue weighted by atomic mass is 16.5. The van der Waals surface area contributed by atoms with Gasteiger partial charge in [-0.1, -0.05) is 42.8 Å². The van der Waals surface area contributed by atoms with Gasteiger partial charge >= 0.3 is 0 Å². The second kappa shape index (κ2) is 6.69. The lowest BCUT2D eigenvalue weighted by Gasteiger charge is -2.10. The van der Waals surface area contributed by atoms with Crippen LogP contribution >= 0.6 is 0 Å². The Morgan fingerprint density at radius 3 is 2.70 bits per heavy atom. The lowest BCUT2D eigenvalue weighted by atomic mass is 10.1. The van der Waals surface area contributed by atoms with Crippen LogP contribution in [-0.2, 0) is 17.6 Å². The molecule has 1 N–H and O–H groups in total. The predicted octanol–water partition coefficient (Wildman–Crippen LogP) is 4.06. The van der Waals surface area contributed by atoms with Crippen molar-refractivity contribution >= 4 is 11.6 Å². The molecule has 1 amide bonds. The highest BCUT2D eigenvalue weighted by Gasteiger charge is 2.15. The molecule has 118 valence electrons. The van der Waals surface area contributed by atoms with E-state index in [1.807, 2.05) is 42.5 Å². The van der Waals surface area contributed by atoms with Gasteiger partial charge in [-0.2, -0.15) is 0 Å². The fraction of sp³-hybridized carbons (Fsp3) is 0.250. The molecule has 1 heterocycles. The van der Waals surface area contributed by atoms with Gasteiger partial charge in [0.2, 0.25) is 0 Å². The van der Waals surface area contributed by atoms with E-state index in [0.717, 1.165) is 23.4 Å². The summed E-state index contributed by atoms with van der Waals surface area (Å²) in [6.45, 7) is 4.47. The molecule has 0 aromatic heterocycles. The van der Waals surface area contributed by atoms with Crippen molar-refractivity contribution in [3.8, 4) is 5.75 Å². The van der Waals surface area contributed by atoms with Crippen LogP contribution in [0.2, 0.25) is 0 Å². The van der Waals surface area contributed by atoms with Crippen LogP contribution in [0.5, 0.6) is 5.75 Å².